The SMILES string of the molecule is C[N+]1(C)[C@@H]2COC[C@H]1C[C@@H](CC(C#N)(c1cccs1)c1cccs1)C2.[Br-]. The highest BCUT2D eigenvalue weighted by molar-refractivity contribution is 7.11. The van der Waals surface area contributed by atoms with Gasteiger partial charge in [0.2, 0.25) is 0 Å². The fourth-order valence-electron chi connectivity index (χ4n) is 4.69. The molecule has 2 aliphatic heterocycles. The Balaban J connectivity index is 0.00000196. The van der Waals surface area contributed by atoms with Gasteiger partial charge in [-0.3, -0.25) is 0 Å². The van der Waals surface area contributed by atoms with Gasteiger partial charge in [-0.05, 0) is 35.2 Å². The van der Waals surface area contributed by atoms with E-state index in [4.69, 9.17) is 4.74 Å². The lowest BCUT2D eigenvalue weighted by Gasteiger charge is -2.53. The van der Waals surface area contributed by atoms with Gasteiger partial charge in [0.1, 0.15) is 17.5 Å². The minimum atomic E-state index is -0.489. The molecule has 140 valence electrons. The Hall–Kier alpha value is -0.710. The Kier molecular flexibility index (Phi) is 5.96. The molecule has 6 heteroatoms. The molecule has 4 rings (SSSR count). The number of fused-ring (bicyclic) bond motifs is 2. The first-order chi connectivity index (χ1) is 12.1. The Morgan fingerprint density at radius 2 is 1.65 bits per heavy atom. The van der Waals surface area contributed by atoms with Crippen molar-refractivity contribution in [3.05, 3.63) is 44.8 Å². The van der Waals surface area contributed by atoms with Crippen LogP contribution in [0.1, 0.15) is 29.0 Å². The maximum absolute atomic E-state index is 10.3. The zero-order valence-corrected chi connectivity index (χ0v) is 18.4. The number of piperidine rings is 1. The third-order valence-electron chi connectivity index (χ3n) is 6.38. The molecule has 2 bridgehead atoms. The van der Waals surface area contributed by atoms with Gasteiger partial charge in [-0.15, -0.1) is 22.7 Å². The summed E-state index contributed by atoms with van der Waals surface area (Å²) in [5.41, 5.74) is -0.489. The van der Waals surface area contributed by atoms with Crippen LogP contribution in [0.4, 0.5) is 0 Å². The molecule has 0 radical (unpaired) electrons. The normalized spacial score (nSPS) is 27.3. The lowest BCUT2D eigenvalue weighted by atomic mass is 9.71. The summed E-state index contributed by atoms with van der Waals surface area (Å²) in [7, 11) is 4.70. The fraction of sp³-hybridized carbons (Fsp3) is 0.550. The van der Waals surface area contributed by atoms with Crippen molar-refractivity contribution in [2.24, 2.45) is 5.92 Å². The van der Waals surface area contributed by atoms with E-state index in [0.29, 0.717) is 18.0 Å². The molecule has 3 nitrogen and oxygen atoms in total. The van der Waals surface area contributed by atoms with E-state index in [-0.39, 0.29) is 17.0 Å². The number of likely N-dealkylation sites (N-methyl/N-ethyl adjacent to an activating group) is 1. The maximum atomic E-state index is 10.3. The maximum Gasteiger partial charge on any atom is 0.126 e. The van der Waals surface area contributed by atoms with E-state index in [1.165, 1.54) is 9.75 Å². The lowest BCUT2D eigenvalue weighted by molar-refractivity contribution is -0.953. The van der Waals surface area contributed by atoms with Crippen molar-refractivity contribution in [1.82, 2.24) is 0 Å². The van der Waals surface area contributed by atoms with Gasteiger partial charge in [0.05, 0.1) is 33.4 Å². The van der Waals surface area contributed by atoms with E-state index < -0.39 is 5.41 Å². The first-order valence-corrected chi connectivity index (χ1v) is 10.7. The standard InChI is InChI=1S/C20H25N2OS2.BrH/c1-22(2)16-9-15(10-17(22)13-23-12-16)11-20(14-21,18-5-3-7-24-18)19-6-4-8-25-19;/h3-8,15-17H,9-13H2,1-2H3;1H/q+1;/p-1/t15-,16-,17+;. The molecular formula is C20H25BrN2OS2. The van der Waals surface area contributed by atoms with Crippen LogP contribution in [0, 0.1) is 17.2 Å². The summed E-state index contributed by atoms with van der Waals surface area (Å²) >= 11 is 3.44. The largest absolute Gasteiger partial charge is 1.00 e. The molecule has 2 aromatic heterocycles. The number of hydrogen-bond acceptors (Lipinski definition) is 4. The summed E-state index contributed by atoms with van der Waals surface area (Å²) in [4.78, 5) is 2.39. The van der Waals surface area contributed by atoms with Crippen molar-refractivity contribution >= 4 is 22.7 Å². The average Bonchev–Trinajstić information content (AvgIpc) is 3.27. The van der Waals surface area contributed by atoms with E-state index in [1.807, 2.05) is 0 Å². The van der Waals surface area contributed by atoms with E-state index in [0.717, 1.165) is 37.0 Å². The first kappa shape index (κ1) is 20.0. The van der Waals surface area contributed by atoms with Gasteiger partial charge < -0.3 is 26.2 Å². The van der Waals surface area contributed by atoms with E-state index in [9.17, 15) is 5.26 Å². The van der Waals surface area contributed by atoms with Crippen molar-refractivity contribution in [3.8, 4) is 6.07 Å². The molecule has 2 fully saturated rings. The van der Waals surface area contributed by atoms with Crippen LogP contribution in [-0.2, 0) is 10.2 Å². The number of nitriles is 1. The highest BCUT2D eigenvalue weighted by Gasteiger charge is 2.49. The molecule has 0 aliphatic carbocycles. The summed E-state index contributed by atoms with van der Waals surface area (Å²) in [6, 6.07) is 12.3. The zero-order chi connectivity index (χ0) is 17.5. The second-order valence-electron chi connectivity index (χ2n) is 7.99. The van der Waals surface area contributed by atoms with Crippen LogP contribution in [0.25, 0.3) is 0 Å². The van der Waals surface area contributed by atoms with Crippen LogP contribution < -0.4 is 17.0 Å². The van der Waals surface area contributed by atoms with E-state index in [1.54, 1.807) is 22.7 Å². The molecule has 0 amide bonds. The molecule has 0 spiro atoms. The predicted octanol–water partition coefficient (Wildman–Crippen LogP) is 1.27. The summed E-state index contributed by atoms with van der Waals surface area (Å²) in [6.45, 7) is 1.72. The Bertz CT molecular complexity index is 701. The number of hydrogen-bond donors (Lipinski definition) is 0. The zero-order valence-electron chi connectivity index (χ0n) is 15.2. The molecule has 2 saturated heterocycles. The first-order valence-electron chi connectivity index (χ1n) is 8.96. The lowest BCUT2D eigenvalue weighted by Crippen LogP contribution is -3.00. The predicted molar refractivity (Wildman–Crippen MR) is 103 cm³/mol. The van der Waals surface area contributed by atoms with Gasteiger partial charge in [0.15, 0.2) is 0 Å². The van der Waals surface area contributed by atoms with Crippen molar-refractivity contribution in [3.63, 3.8) is 0 Å². The number of nitrogens with zero attached hydrogens (tertiary/aromatic N) is 2. The fourth-order valence-corrected chi connectivity index (χ4v) is 6.56. The molecule has 2 aromatic rings. The van der Waals surface area contributed by atoms with Gasteiger partial charge in [0.25, 0.3) is 0 Å². The van der Waals surface area contributed by atoms with Crippen molar-refractivity contribution in [2.45, 2.75) is 36.8 Å². The second kappa shape index (κ2) is 7.73. The molecule has 0 unspecified atom stereocenters. The molecule has 0 saturated carbocycles. The number of quaternary nitrogens is 1. The van der Waals surface area contributed by atoms with E-state index >= 15 is 0 Å². The highest BCUT2D eigenvalue weighted by Crippen LogP contribution is 2.46. The van der Waals surface area contributed by atoms with Gasteiger partial charge >= 0.3 is 0 Å². The average molecular weight is 453 g/mol. The van der Waals surface area contributed by atoms with Crippen LogP contribution in [0.2, 0.25) is 0 Å². The topological polar surface area (TPSA) is 33.0 Å². The molecule has 0 aromatic carbocycles. The number of morpholine rings is 1. The highest BCUT2D eigenvalue weighted by atomic mass is 79.9. The van der Waals surface area contributed by atoms with Crippen LogP contribution >= 0.6 is 22.7 Å². The summed E-state index contributed by atoms with van der Waals surface area (Å²) in [6.07, 6.45) is 3.24. The quantitative estimate of drug-likeness (QED) is 0.654. The Labute approximate surface area is 174 Å². The minimum absolute atomic E-state index is 0. The monoisotopic (exact) mass is 452 g/mol. The molecule has 26 heavy (non-hydrogen) atoms. The van der Waals surface area contributed by atoms with Gasteiger partial charge in [-0.1, -0.05) is 12.1 Å². The van der Waals surface area contributed by atoms with Crippen molar-refractivity contribution in [1.29, 1.82) is 5.26 Å². The summed E-state index contributed by atoms with van der Waals surface area (Å²) in [5, 5.41) is 14.5. The van der Waals surface area contributed by atoms with Crippen LogP contribution in [-0.4, -0.2) is 43.9 Å². The molecule has 4 heterocycles. The Morgan fingerprint density at radius 1 is 1.12 bits per heavy atom. The molecule has 2 aliphatic rings. The van der Waals surface area contributed by atoms with Gasteiger partial charge in [-0.25, -0.2) is 0 Å². The second-order valence-corrected chi connectivity index (χ2v) is 9.88. The van der Waals surface area contributed by atoms with E-state index in [2.05, 4.69) is 55.2 Å². The van der Waals surface area contributed by atoms with Gasteiger partial charge in [-0.2, -0.15) is 5.26 Å². The van der Waals surface area contributed by atoms with Crippen molar-refractivity contribution in [2.75, 3.05) is 27.3 Å². The van der Waals surface area contributed by atoms with Crippen LogP contribution in [0.15, 0.2) is 35.0 Å². The third kappa shape index (κ3) is 3.29. The van der Waals surface area contributed by atoms with Crippen LogP contribution in [0.5, 0.6) is 0 Å². The number of ether oxygens (including phenoxy) is 1. The minimum Gasteiger partial charge on any atom is -1.00 e. The van der Waals surface area contributed by atoms with Crippen molar-refractivity contribution < 1.29 is 26.2 Å². The number of rotatable bonds is 4. The smallest absolute Gasteiger partial charge is 0.126 e. The van der Waals surface area contributed by atoms with Gasteiger partial charge in [0, 0.05) is 22.6 Å². The number of thiophene rings is 2. The van der Waals surface area contributed by atoms with Crippen LogP contribution in [0.3, 0.4) is 0 Å². The molecule has 0 N–H and O–H groups in total. The number of halogens is 1. The molecular weight excluding hydrogens is 428 g/mol. The summed E-state index contributed by atoms with van der Waals surface area (Å²) < 4.78 is 6.92. The Morgan fingerprint density at radius 3 is 2.08 bits per heavy atom. The summed E-state index contributed by atoms with van der Waals surface area (Å²) in [5.74, 6) is 0.578. The third-order valence-corrected chi connectivity index (χ3v) is 8.45. The molecule has 3 atom stereocenters.